The number of hydrogen-bond acceptors (Lipinski definition) is 13. The van der Waals surface area contributed by atoms with Crippen LogP contribution in [0.3, 0.4) is 0 Å². The first-order valence-corrected chi connectivity index (χ1v) is 22.5. The smallest absolute Gasteiger partial charge is 0.303 e. The molecule has 20 N–H and O–H groups in total. The third kappa shape index (κ3) is 27.9. The molecule has 0 unspecified atom stereocenters. The standard InChI is InChI=1S/C38H70N14O11S/c1-3-4-5-6-18-45-32(59)23(9-7-19-46-37(41)42)49-33(60)24(10-8-20-47-38(43)44)50-34(61)25(12-14-28(40)53)51-36(63)27(17-21-64-2)52-35(62)26(13-16-30(56)57)48-31(58)22(39)11-15-29(54)55/h22-27H,3-21,39H2,1-2H3,(H2,40,53)(H,45,59)(H,48,58)(H,49,60)(H,50,61)(H,51,63)(H,52,62)(H,54,55)(H,56,57)(H4,41,42,46)(H4,43,44,47)/t22-,23-,24-,25-,26-,27-/m0/s1. The number of nitrogens with two attached hydrogens (primary N) is 6. The Morgan fingerprint density at radius 1 is 0.516 bits per heavy atom. The topological polar surface area (TPSA) is 447 Å². The van der Waals surface area contributed by atoms with Crippen LogP contribution in [0.1, 0.15) is 103 Å². The molecule has 7 amide bonds. The Morgan fingerprint density at radius 3 is 1.34 bits per heavy atom. The van der Waals surface area contributed by atoms with Crippen LogP contribution < -0.4 is 66.3 Å². The van der Waals surface area contributed by atoms with Gasteiger partial charge in [-0.15, -0.1) is 0 Å². The summed E-state index contributed by atoms with van der Waals surface area (Å²) in [7, 11) is 0. The van der Waals surface area contributed by atoms with Crippen LogP contribution in [0.15, 0.2) is 9.98 Å². The predicted octanol–water partition coefficient (Wildman–Crippen LogP) is -3.71. The molecule has 0 aliphatic rings. The Bertz CT molecular complexity index is 1600. The molecular weight excluding hydrogens is 861 g/mol. The number of nitrogens with zero attached hydrogens (tertiary/aromatic N) is 2. The fourth-order valence-electron chi connectivity index (χ4n) is 5.81. The second kappa shape index (κ2) is 33.6. The molecule has 0 aliphatic heterocycles. The lowest BCUT2D eigenvalue weighted by Crippen LogP contribution is -2.59. The number of carboxylic acid groups (broad SMARTS) is 2. The zero-order valence-electron chi connectivity index (χ0n) is 36.7. The zero-order chi connectivity index (χ0) is 48.6. The molecule has 0 rings (SSSR count). The normalized spacial score (nSPS) is 13.5. The van der Waals surface area contributed by atoms with Crippen molar-refractivity contribution >= 4 is 77.0 Å². The number of amides is 7. The van der Waals surface area contributed by atoms with Crippen LogP contribution in [0.2, 0.25) is 0 Å². The predicted molar refractivity (Wildman–Crippen MR) is 240 cm³/mol. The van der Waals surface area contributed by atoms with Gasteiger partial charge >= 0.3 is 11.9 Å². The molecule has 64 heavy (non-hydrogen) atoms. The lowest BCUT2D eigenvalue weighted by Gasteiger charge is -2.27. The summed E-state index contributed by atoms with van der Waals surface area (Å²) in [6.07, 6.45) is 3.31. The molecule has 0 aromatic carbocycles. The molecule has 364 valence electrons. The summed E-state index contributed by atoms with van der Waals surface area (Å²) in [5.41, 5.74) is 33.0. The number of rotatable bonds is 36. The van der Waals surface area contributed by atoms with Crippen LogP contribution in [-0.2, 0) is 43.2 Å². The molecular formula is C38H70N14O11S. The van der Waals surface area contributed by atoms with Crippen molar-refractivity contribution in [3.63, 3.8) is 0 Å². The summed E-state index contributed by atoms with van der Waals surface area (Å²) in [6, 6.07) is -8.17. The number of nitrogens with one attached hydrogen (secondary N) is 6. The van der Waals surface area contributed by atoms with Crippen molar-refractivity contribution in [2.45, 2.75) is 139 Å². The van der Waals surface area contributed by atoms with E-state index in [1.807, 2.05) is 6.92 Å². The van der Waals surface area contributed by atoms with Gasteiger partial charge in [0.05, 0.1) is 6.04 Å². The second-order valence-electron chi connectivity index (χ2n) is 14.8. The molecule has 6 atom stereocenters. The first kappa shape index (κ1) is 58.1. The van der Waals surface area contributed by atoms with Gasteiger partial charge in [-0.2, -0.15) is 11.8 Å². The highest BCUT2D eigenvalue weighted by Gasteiger charge is 2.33. The van der Waals surface area contributed by atoms with Crippen molar-refractivity contribution in [2.24, 2.45) is 44.4 Å². The molecule has 0 saturated heterocycles. The minimum absolute atomic E-state index is 0.0261. The lowest BCUT2D eigenvalue weighted by molar-refractivity contribution is -0.139. The van der Waals surface area contributed by atoms with Gasteiger partial charge in [0.1, 0.15) is 30.2 Å². The minimum Gasteiger partial charge on any atom is -0.481 e. The molecule has 0 saturated carbocycles. The minimum atomic E-state index is -1.52. The highest BCUT2D eigenvalue weighted by Crippen LogP contribution is 2.10. The Hall–Kier alpha value is -5.92. The number of carbonyl (C=O) groups excluding carboxylic acids is 7. The first-order chi connectivity index (χ1) is 30.2. The van der Waals surface area contributed by atoms with Gasteiger partial charge in [-0.1, -0.05) is 26.2 Å². The van der Waals surface area contributed by atoms with Gasteiger partial charge in [0.2, 0.25) is 41.4 Å². The number of aliphatic carboxylic acids is 2. The second-order valence-corrected chi connectivity index (χ2v) is 15.8. The van der Waals surface area contributed by atoms with Crippen LogP contribution in [0, 0.1) is 0 Å². The van der Waals surface area contributed by atoms with Crippen LogP contribution in [0.25, 0.3) is 0 Å². The summed E-state index contributed by atoms with van der Waals surface area (Å²) < 4.78 is 0. The number of aliphatic imine (C=N–C) groups is 2. The SMILES string of the molecule is CCCCCCNC(=O)[C@H](CCCN=C(N)N)NC(=O)[C@H](CCCN=C(N)N)NC(=O)[C@H](CCC(N)=O)NC(=O)[C@H](CCSC)NC(=O)[C@H](CCC(=O)O)NC(=O)[C@@H](N)CCC(=O)O. The quantitative estimate of drug-likeness (QED) is 0.0163. The third-order valence-electron chi connectivity index (χ3n) is 9.33. The van der Waals surface area contributed by atoms with Crippen molar-refractivity contribution in [1.29, 1.82) is 0 Å². The van der Waals surface area contributed by atoms with E-state index in [4.69, 9.17) is 39.5 Å². The highest BCUT2D eigenvalue weighted by atomic mass is 32.2. The van der Waals surface area contributed by atoms with E-state index in [2.05, 4.69) is 41.9 Å². The van der Waals surface area contributed by atoms with Crippen molar-refractivity contribution in [3.8, 4) is 0 Å². The van der Waals surface area contributed by atoms with E-state index in [0.29, 0.717) is 25.1 Å². The van der Waals surface area contributed by atoms with E-state index >= 15 is 0 Å². The monoisotopic (exact) mass is 931 g/mol. The third-order valence-corrected chi connectivity index (χ3v) is 9.97. The highest BCUT2D eigenvalue weighted by molar-refractivity contribution is 7.98. The lowest BCUT2D eigenvalue weighted by atomic mass is 10.0. The van der Waals surface area contributed by atoms with Gasteiger partial charge in [-0.05, 0) is 69.8 Å². The van der Waals surface area contributed by atoms with Gasteiger partial charge in [0, 0.05) is 38.9 Å². The van der Waals surface area contributed by atoms with E-state index in [1.54, 1.807) is 6.26 Å². The molecule has 0 heterocycles. The fourth-order valence-corrected chi connectivity index (χ4v) is 6.28. The molecule has 0 aromatic heterocycles. The van der Waals surface area contributed by atoms with Crippen LogP contribution in [0.4, 0.5) is 0 Å². The van der Waals surface area contributed by atoms with Gasteiger partial charge < -0.3 is 76.5 Å². The average molecular weight is 931 g/mol. The number of thioether (sulfide) groups is 1. The van der Waals surface area contributed by atoms with Crippen LogP contribution >= 0.6 is 11.8 Å². The number of primary amides is 1. The number of guanidine groups is 2. The molecule has 0 aliphatic carbocycles. The summed E-state index contributed by atoms with van der Waals surface area (Å²) in [5, 5.41) is 33.6. The number of unbranched alkanes of at least 4 members (excludes halogenated alkanes) is 3. The Morgan fingerprint density at radius 2 is 0.922 bits per heavy atom. The maximum Gasteiger partial charge on any atom is 0.303 e. The molecule has 0 spiro atoms. The summed E-state index contributed by atoms with van der Waals surface area (Å²) in [4.78, 5) is 123. The summed E-state index contributed by atoms with van der Waals surface area (Å²) in [5.74, 6) is -8.43. The summed E-state index contributed by atoms with van der Waals surface area (Å²) in [6.45, 7) is 2.63. The Balaban J connectivity index is 6.56. The number of carbonyl (C=O) groups is 9. The molecule has 0 bridgehead atoms. The average Bonchev–Trinajstić information content (AvgIpc) is 3.22. The maximum absolute atomic E-state index is 14.0. The van der Waals surface area contributed by atoms with Crippen LogP contribution in [0.5, 0.6) is 0 Å². The van der Waals surface area contributed by atoms with Gasteiger partial charge in [-0.25, -0.2) is 0 Å². The van der Waals surface area contributed by atoms with Crippen molar-refractivity contribution < 1.29 is 53.4 Å². The van der Waals surface area contributed by atoms with Gasteiger partial charge in [-0.3, -0.25) is 53.1 Å². The molecule has 26 heteroatoms. The zero-order valence-corrected chi connectivity index (χ0v) is 37.6. The first-order valence-electron chi connectivity index (χ1n) is 21.1. The number of hydrogen-bond donors (Lipinski definition) is 14. The van der Waals surface area contributed by atoms with Gasteiger partial charge in [0.15, 0.2) is 11.9 Å². The largest absolute Gasteiger partial charge is 0.481 e. The van der Waals surface area contributed by atoms with E-state index in [0.717, 1.165) is 19.3 Å². The Kier molecular flexibility index (Phi) is 30.5. The van der Waals surface area contributed by atoms with E-state index in [1.165, 1.54) is 11.8 Å². The van der Waals surface area contributed by atoms with Gasteiger partial charge in [0.25, 0.3) is 0 Å². The molecule has 0 radical (unpaired) electrons. The Labute approximate surface area is 377 Å². The molecule has 0 fully saturated rings. The molecule has 0 aromatic rings. The van der Waals surface area contributed by atoms with E-state index in [9.17, 15) is 48.3 Å². The van der Waals surface area contributed by atoms with Crippen molar-refractivity contribution in [3.05, 3.63) is 0 Å². The maximum atomic E-state index is 14.0. The fraction of sp³-hybridized carbons (Fsp3) is 0.711. The van der Waals surface area contributed by atoms with Crippen molar-refractivity contribution in [1.82, 2.24) is 31.9 Å². The van der Waals surface area contributed by atoms with E-state index < -0.39 is 115 Å². The van der Waals surface area contributed by atoms with E-state index in [-0.39, 0.29) is 63.5 Å². The number of carboxylic acids is 2. The van der Waals surface area contributed by atoms with Crippen LogP contribution in [-0.4, -0.2) is 143 Å². The van der Waals surface area contributed by atoms with Crippen molar-refractivity contribution in [2.75, 3.05) is 31.6 Å². The molecule has 25 nitrogen and oxygen atoms in total. The summed E-state index contributed by atoms with van der Waals surface area (Å²) >= 11 is 1.30.